The summed E-state index contributed by atoms with van der Waals surface area (Å²) in [5.41, 5.74) is 4.86. The number of rotatable bonds is 19. The number of amides is 2. The predicted octanol–water partition coefficient (Wildman–Crippen LogP) is 8.70. The molecule has 0 spiro atoms. The Hall–Kier alpha value is -5.78. The Kier molecular flexibility index (Phi) is 16.0. The smallest absolute Gasteiger partial charge is 0.408 e. The Morgan fingerprint density at radius 1 is 0.881 bits per heavy atom. The maximum atomic E-state index is 13.8. The molecule has 1 aliphatic heterocycles. The molecule has 0 saturated heterocycles. The third-order valence-corrected chi connectivity index (χ3v) is 9.51. The number of esters is 1. The Labute approximate surface area is 346 Å². The van der Waals surface area contributed by atoms with Crippen LogP contribution in [0, 0.1) is 5.82 Å². The Morgan fingerprint density at radius 3 is 2.29 bits per heavy atom. The van der Waals surface area contributed by atoms with Crippen molar-refractivity contribution in [3.05, 3.63) is 107 Å². The first-order chi connectivity index (χ1) is 28.4. The summed E-state index contributed by atoms with van der Waals surface area (Å²) in [5, 5.41) is 5.26. The van der Waals surface area contributed by atoms with Gasteiger partial charge in [0.2, 0.25) is 0 Å². The molecule has 2 unspecified atom stereocenters. The first-order valence-electron chi connectivity index (χ1n) is 20.5. The van der Waals surface area contributed by atoms with Gasteiger partial charge in [-0.3, -0.25) is 4.79 Å². The number of ether oxygens (including phenoxy) is 6. The molecule has 0 aromatic heterocycles. The van der Waals surface area contributed by atoms with E-state index in [1.165, 1.54) is 12.1 Å². The molecule has 2 amide bonds. The van der Waals surface area contributed by atoms with Crippen molar-refractivity contribution >= 4 is 18.0 Å². The monoisotopic (exact) mass is 812 g/mol. The molecule has 0 aliphatic carbocycles. The second-order valence-corrected chi connectivity index (χ2v) is 15.3. The molecule has 59 heavy (non-hydrogen) atoms. The summed E-state index contributed by atoms with van der Waals surface area (Å²) in [5.74, 6) is 1.29. The number of halogens is 1. The molecule has 5 rings (SSSR count). The van der Waals surface area contributed by atoms with E-state index >= 15 is 0 Å². The highest BCUT2D eigenvalue weighted by molar-refractivity contribution is 5.85. The van der Waals surface area contributed by atoms with Crippen LogP contribution in [0.1, 0.15) is 83.1 Å². The molecular formula is C47H57FN2O9. The van der Waals surface area contributed by atoms with Gasteiger partial charge in [0.05, 0.1) is 19.8 Å². The average Bonchev–Trinajstić information content (AvgIpc) is 3.21. The lowest BCUT2D eigenvalue weighted by Gasteiger charge is -2.29. The van der Waals surface area contributed by atoms with E-state index in [1.807, 2.05) is 48.5 Å². The molecule has 1 heterocycles. The van der Waals surface area contributed by atoms with Gasteiger partial charge in [-0.25, -0.2) is 14.0 Å². The first-order valence-corrected chi connectivity index (χ1v) is 20.5. The van der Waals surface area contributed by atoms with Crippen molar-refractivity contribution < 1.29 is 47.2 Å². The molecule has 1 aliphatic rings. The quantitative estimate of drug-likeness (QED) is 0.0706. The molecule has 2 N–H and O–H groups in total. The zero-order chi connectivity index (χ0) is 42.4. The van der Waals surface area contributed by atoms with Crippen molar-refractivity contribution in [2.75, 3.05) is 26.4 Å². The van der Waals surface area contributed by atoms with Crippen LogP contribution in [-0.4, -0.2) is 62.1 Å². The van der Waals surface area contributed by atoms with Crippen LogP contribution in [0.4, 0.5) is 9.18 Å². The van der Waals surface area contributed by atoms with E-state index in [1.54, 1.807) is 39.8 Å². The van der Waals surface area contributed by atoms with Gasteiger partial charge in [-0.2, -0.15) is 0 Å². The summed E-state index contributed by atoms with van der Waals surface area (Å²) in [4.78, 5) is 38.4. The normalized spacial score (nSPS) is 13.9. The van der Waals surface area contributed by atoms with Gasteiger partial charge in [0.1, 0.15) is 47.1 Å². The van der Waals surface area contributed by atoms with Gasteiger partial charge in [-0.1, -0.05) is 68.8 Å². The van der Waals surface area contributed by atoms with E-state index in [-0.39, 0.29) is 19.0 Å². The van der Waals surface area contributed by atoms with Crippen molar-refractivity contribution in [1.82, 2.24) is 10.6 Å². The largest absolute Gasteiger partial charge is 0.493 e. The fourth-order valence-corrected chi connectivity index (χ4v) is 6.65. The van der Waals surface area contributed by atoms with Gasteiger partial charge < -0.3 is 39.1 Å². The molecule has 12 heteroatoms. The maximum Gasteiger partial charge on any atom is 0.408 e. The summed E-state index contributed by atoms with van der Waals surface area (Å²) < 4.78 is 49.6. The molecular weight excluding hydrogens is 756 g/mol. The van der Waals surface area contributed by atoms with Crippen molar-refractivity contribution in [3.63, 3.8) is 0 Å². The zero-order valence-corrected chi connectivity index (χ0v) is 35.0. The number of hydrogen-bond acceptors (Lipinski definition) is 9. The lowest BCUT2D eigenvalue weighted by Crippen LogP contribution is -2.52. The molecule has 0 fully saturated rings. The molecule has 2 atom stereocenters. The topological polar surface area (TPSA) is 131 Å². The SMILES string of the molecule is CCCc1c(OCCCOc2cc(OCc3ccccc3)c(-c3ccc(F)cc3)cc2CC)ccc2c1OC(C(=O)NCC(NC(=O)OC(C)(C)C)C(=O)OCC)CC2. The minimum atomic E-state index is -1.14. The summed E-state index contributed by atoms with van der Waals surface area (Å²) in [7, 11) is 0. The van der Waals surface area contributed by atoms with Gasteiger partial charge in [-0.05, 0) is 99.9 Å². The van der Waals surface area contributed by atoms with Crippen LogP contribution in [0.2, 0.25) is 0 Å². The zero-order valence-electron chi connectivity index (χ0n) is 35.0. The Balaban J connectivity index is 1.21. The van der Waals surface area contributed by atoms with E-state index in [0.29, 0.717) is 68.5 Å². The standard InChI is InChI=1S/C47H57FN2O9/c1-7-14-36-39(23-19-34-20-24-40(58-43(34)36)44(51)49-29-38(45(52)54-9-3)50-46(53)59-47(4,5)6)55-25-13-26-56-41-28-42(57-30-31-15-11-10-12-16-31)37(27-32(41)8-2)33-17-21-35(48)22-18-33/h10-12,15-19,21-23,27-28,38,40H,7-9,13-14,20,24-26,29-30H2,1-6H3,(H,49,51)(H,50,53). The minimum Gasteiger partial charge on any atom is -0.493 e. The number of carbonyl (C=O) groups is 3. The van der Waals surface area contributed by atoms with Gasteiger partial charge in [0.15, 0.2) is 6.10 Å². The lowest BCUT2D eigenvalue weighted by atomic mass is 9.96. The molecule has 4 aromatic rings. The number of benzene rings is 4. The van der Waals surface area contributed by atoms with Crippen LogP contribution in [0.25, 0.3) is 11.1 Å². The summed E-state index contributed by atoms with van der Waals surface area (Å²) >= 11 is 0. The van der Waals surface area contributed by atoms with Crippen LogP contribution in [0.3, 0.4) is 0 Å². The van der Waals surface area contributed by atoms with Crippen LogP contribution >= 0.6 is 0 Å². The van der Waals surface area contributed by atoms with Gasteiger partial charge in [0.25, 0.3) is 5.91 Å². The Bertz CT molecular complexity index is 2010. The number of carbonyl (C=O) groups excluding carboxylic acids is 3. The van der Waals surface area contributed by atoms with E-state index in [4.69, 9.17) is 28.4 Å². The second kappa shape index (κ2) is 21.3. The third-order valence-electron chi connectivity index (χ3n) is 9.51. The molecule has 316 valence electrons. The van der Waals surface area contributed by atoms with E-state index < -0.39 is 35.7 Å². The summed E-state index contributed by atoms with van der Waals surface area (Å²) in [6.45, 7) is 12.0. The lowest BCUT2D eigenvalue weighted by molar-refractivity contribution is -0.145. The molecule has 4 aromatic carbocycles. The highest BCUT2D eigenvalue weighted by atomic mass is 19.1. The van der Waals surface area contributed by atoms with Crippen molar-refractivity contribution in [3.8, 4) is 34.1 Å². The van der Waals surface area contributed by atoms with Crippen molar-refractivity contribution in [1.29, 1.82) is 0 Å². The molecule has 0 saturated carbocycles. The first kappa shape index (κ1) is 44.3. The van der Waals surface area contributed by atoms with E-state index in [2.05, 4.69) is 30.5 Å². The third kappa shape index (κ3) is 12.9. The number of alkyl carbamates (subject to hydrolysis) is 1. The molecule has 11 nitrogen and oxygen atoms in total. The number of nitrogens with one attached hydrogen (secondary N) is 2. The van der Waals surface area contributed by atoms with E-state index in [0.717, 1.165) is 46.2 Å². The van der Waals surface area contributed by atoms with Crippen LogP contribution in [0.15, 0.2) is 78.9 Å². The fraction of sp³-hybridized carbons (Fsp3) is 0.426. The van der Waals surface area contributed by atoms with E-state index in [9.17, 15) is 18.8 Å². The Morgan fingerprint density at radius 2 is 1.61 bits per heavy atom. The number of aryl methyl sites for hydroxylation is 2. The predicted molar refractivity (Wildman–Crippen MR) is 224 cm³/mol. The number of fused-ring (bicyclic) bond motifs is 1. The molecule has 0 bridgehead atoms. The highest BCUT2D eigenvalue weighted by Crippen LogP contribution is 2.39. The van der Waals surface area contributed by atoms with Crippen LogP contribution in [-0.2, 0) is 44.9 Å². The minimum absolute atomic E-state index is 0.110. The maximum absolute atomic E-state index is 13.8. The highest BCUT2D eigenvalue weighted by Gasteiger charge is 2.31. The van der Waals surface area contributed by atoms with Crippen molar-refractivity contribution in [2.24, 2.45) is 0 Å². The summed E-state index contributed by atoms with van der Waals surface area (Å²) in [6, 6.07) is 23.1. The number of hydrogen-bond donors (Lipinski definition) is 2. The van der Waals surface area contributed by atoms with Gasteiger partial charge in [-0.15, -0.1) is 0 Å². The average molecular weight is 813 g/mol. The van der Waals surface area contributed by atoms with Gasteiger partial charge in [0, 0.05) is 30.2 Å². The van der Waals surface area contributed by atoms with Crippen molar-refractivity contribution in [2.45, 2.75) is 104 Å². The second-order valence-electron chi connectivity index (χ2n) is 15.3. The fourth-order valence-electron chi connectivity index (χ4n) is 6.65. The van der Waals surface area contributed by atoms with Gasteiger partial charge >= 0.3 is 12.1 Å². The summed E-state index contributed by atoms with van der Waals surface area (Å²) in [6.07, 6.45) is 2.28. The molecule has 0 radical (unpaired) electrons. The van der Waals surface area contributed by atoms with Crippen LogP contribution in [0.5, 0.6) is 23.0 Å². The van der Waals surface area contributed by atoms with Crippen LogP contribution < -0.4 is 29.6 Å².